The second-order valence-corrected chi connectivity index (χ2v) is 7.18. The van der Waals surface area contributed by atoms with Crippen LogP contribution in [-0.2, 0) is 18.3 Å². The van der Waals surface area contributed by atoms with Gasteiger partial charge in [0.1, 0.15) is 0 Å². The molecule has 21 heavy (non-hydrogen) atoms. The normalized spacial score (nSPS) is 16.2. The smallest absolute Gasteiger partial charge is 0.234 e. The number of nitrogens with zero attached hydrogens (tertiary/aromatic N) is 2. The molecule has 2 aromatic rings. The molecule has 1 aliphatic carbocycles. The summed E-state index contributed by atoms with van der Waals surface area (Å²) in [5, 5.41) is 4.22. The molecule has 4 nitrogen and oxygen atoms in total. The molecule has 0 unspecified atom stereocenters. The summed E-state index contributed by atoms with van der Waals surface area (Å²) < 4.78 is 5.53. The second kappa shape index (κ2) is 4.67. The molecule has 0 spiro atoms. The Bertz CT molecular complexity index is 627. The van der Waals surface area contributed by atoms with Crippen molar-refractivity contribution in [1.82, 2.24) is 10.1 Å². The largest absolute Gasteiger partial charge is 0.339 e. The Kier molecular flexibility index (Phi) is 3.17. The molecule has 2 N–H and O–H groups in total. The lowest BCUT2D eigenvalue weighted by molar-refractivity contribution is 0.222. The Balaban J connectivity index is 1.85. The Morgan fingerprint density at radius 1 is 1.10 bits per heavy atom. The van der Waals surface area contributed by atoms with Gasteiger partial charge in [0.25, 0.3) is 0 Å². The molecule has 0 fully saturated rings. The van der Waals surface area contributed by atoms with E-state index in [1.54, 1.807) is 0 Å². The number of benzene rings is 1. The summed E-state index contributed by atoms with van der Waals surface area (Å²) in [6, 6.07) is 8.54. The highest BCUT2D eigenvalue weighted by Gasteiger charge is 2.41. The SMILES string of the molecule is CC(C)(N)C(C)(C)c1nc(C2Cc3ccccc3C2)no1. The van der Waals surface area contributed by atoms with E-state index in [-0.39, 0.29) is 5.41 Å². The Labute approximate surface area is 125 Å². The van der Waals surface area contributed by atoms with Crippen LogP contribution in [0.3, 0.4) is 0 Å². The highest BCUT2D eigenvalue weighted by atomic mass is 16.5. The summed E-state index contributed by atoms with van der Waals surface area (Å²) in [5.41, 5.74) is 8.26. The molecule has 4 heteroatoms. The highest BCUT2D eigenvalue weighted by molar-refractivity contribution is 5.35. The molecule has 0 saturated carbocycles. The van der Waals surface area contributed by atoms with Crippen molar-refractivity contribution in [3.05, 3.63) is 47.1 Å². The van der Waals surface area contributed by atoms with Gasteiger partial charge in [-0.1, -0.05) is 29.4 Å². The van der Waals surface area contributed by atoms with Crippen molar-refractivity contribution >= 4 is 0 Å². The zero-order valence-corrected chi connectivity index (χ0v) is 13.2. The minimum atomic E-state index is -0.421. The highest BCUT2D eigenvalue weighted by Crippen LogP contribution is 2.35. The molecule has 0 bridgehead atoms. The molecule has 1 aliphatic rings. The van der Waals surface area contributed by atoms with Crippen LogP contribution < -0.4 is 5.73 Å². The third-order valence-electron chi connectivity index (χ3n) is 5.00. The molecule has 1 heterocycles. The van der Waals surface area contributed by atoms with Crippen LogP contribution in [0.4, 0.5) is 0 Å². The second-order valence-electron chi connectivity index (χ2n) is 7.18. The van der Waals surface area contributed by atoms with Gasteiger partial charge in [-0.25, -0.2) is 0 Å². The van der Waals surface area contributed by atoms with Gasteiger partial charge in [0, 0.05) is 11.5 Å². The van der Waals surface area contributed by atoms with Crippen LogP contribution >= 0.6 is 0 Å². The minimum Gasteiger partial charge on any atom is -0.339 e. The molecule has 0 radical (unpaired) electrons. The lowest BCUT2D eigenvalue weighted by atomic mass is 9.75. The number of fused-ring (bicyclic) bond motifs is 1. The van der Waals surface area contributed by atoms with E-state index in [0.717, 1.165) is 18.7 Å². The molecule has 1 aromatic carbocycles. The number of nitrogens with two attached hydrogens (primary N) is 1. The van der Waals surface area contributed by atoms with Gasteiger partial charge in [0.05, 0.1) is 5.41 Å². The Morgan fingerprint density at radius 3 is 2.19 bits per heavy atom. The van der Waals surface area contributed by atoms with Gasteiger partial charge in [-0.05, 0) is 51.7 Å². The third kappa shape index (κ3) is 2.38. The van der Waals surface area contributed by atoms with E-state index in [9.17, 15) is 0 Å². The van der Waals surface area contributed by atoms with E-state index in [0.29, 0.717) is 11.8 Å². The van der Waals surface area contributed by atoms with E-state index >= 15 is 0 Å². The number of hydrogen-bond acceptors (Lipinski definition) is 4. The average molecular weight is 285 g/mol. The van der Waals surface area contributed by atoms with Crippen LogP contribution in [0.1, 0.15) is 56.5 Å². The van der Waals surface area contributed by atoms with Crippen LogP contribution in [0.5, 0.6) is 0 Å². The Morgan fingerprint density at radius 2 is 1.67 bits per heavy atom. The van der Waals surface area contributed by atoms with Crippen molar-refractivity contribution in [2.24, 2.45) is 5.73 Å². The van der Waals surface area contributed by atoms with Crippen molar-refractivity contribution in [2.45, 2.75) is 57.4 Å². The zero-order valence-electron chi connectivity index (χ0n) is 13.2. The molecule has 0 atom stereocenters. The maximum Gasteiger partial charge on any atom is 0.234 e. The fourth-order valence-corrected chi connectivity index (χ4v) is 2.67. The molecule has 3 rings (SSSR count). The maximum atomic E-state index is 6.25. The first-order valence-electron chi connectivity index (χ1n) is 7.49. The molecule has 112 valence electrons. The van der Waals surface area contributed by atoms with Crippen molar-refractivity contribution in [3.63, 3.8) is 0 Å². The molecule has 0 amide bonds. The minimum absolute atomic E-state index is 0.316. The van der Waals surface area contributed by atoms with E-state index in [4.69, 9.17) is 10.3 Å². The Hall–Kier alpha value is -1.68. The summed E-state index contributed by atoms with van der Waals surface area (Å²) >= 11 is 0. The van der Waals surface area contributed by atoms with Crippen molar-refractivity contribution in [1.29, 1.82) is 0 Å². The number of hydrogen-bond donors (Lipinski definition) is 1. The summed E-state index contributed by atoms with van der Waals surface area (Å²) in [7, 11) is 0. The predicted octanol–water partition coefficient (Wildman–Crippen LogP) is 2.97. The molecule has 1 aromatic heterocycles. The van der Waals surface area contributed by atoms with Gasteiger partial charge >= 0.3 is 0 Å². The van der Waals surface area contributed by atoms with Gasteiger partial charge in [0.2, 0.25) is 5.89 Å². The van der Waals surface area contributed by atoms with Crippen LogP contribution in [0.25, 0.3) is 0 Å². The molecular formula is C17H23N3O. The van der Waals surface area contributed by atoms with Crippen LogP contribution in [0, 0.1) is 0 Å². The van der Waals surface area contributed by atoms with Crippen LogP contribution in [0.15, 0.2) is 28.8 Å². The first-order valence-corrected chi connectivity index (χ1v) is 7.49. The van der Waals surface area contributed by atoms with E-state index in [1.165, 1.54) is 11.1 Å². The fraction of sp³-hybridized carbons (Fsp3) is 0.529. The summed E-state index contributed by atoms with van der Waals surface area (Å²) in [6.45, 7) is 8.08. The van der Waals surface area contributed by atoms with Gasteiger partial charge in [-0.2, -0.15) is 4.98 Å². The quantitative estimate of drug-likeness (QED) is 0.941. The molecule has 0 saturated heterocycles. The van der Waals surface area contributed by atoms with Crippen molar-refractivity contribution in [3.8, 4) is 0 Å². The van der Waals surface area contributed by atoms with Gasteiger partial charge in [-0.15, -0.1) is 0 Å². The first-order chi connectivity index (χ1) is 9.79. The standard InChI is InChI=1S/C17H23N3O/c1-16(2,17(3,4)18)15-19-14(20-21-15)13-9-11-7-5-6-8-12(11)10-13/h5-8,13H,9-10,18H2,1-4H3. The van der Waals surface area contributed by atoms with Crippen molar-refractivity contribution in [2.75, 3.05) is 0 Å². The predicted molar refractivity (Wildman–Crippen MR) is 82.2 cm³/mol. The maximum absolute atomic E-state index is 6.25. The lowest BCUT2D eigenvalue weighted by Crippen LogP contribution is -2.50. The first kappa shape index (κ1) is 14.3. The third-order valence-corrected chi connectivity index (χ3v) is 5.00. The molecular weight excluding hydrogens is 262 g/mol. The van der Waals surface area contributed by atoms with Crippen LogP contribution in [-0.4, -0.2) is 15.7 Å². The fourth-order valence-electron chi connectivity index (χ4n) is 2.67. The van der Waals surface area contributed by atoms with Gasteiger partial charge in [0.15, 0.2) is 5.82 Å². The zero-order chi connectivity index (χ0) is 15.3. The number of aromatic nitrogens is 2. The summed E-state index contributed by atoms with van der Waals surface area (Å²) in [6.07, 6.45) is 1.98. The monoisotopic (exact) mass is 285 g/mol. The van der Waals surface area contributed by atoms with Crippen LogP contribution in [0.2, 0.25) is 0 Å². The van der Waals surface area contributed by atoms with Gasteiger partial charge < -0.3 is 10.3 Å². The van der Waals surface area contributed by atoms with E-state index in [1.807, 2.05) is 27.7 Å². The van der Waals surface area contributed by atoms with E-state index in [2.05, 4.69) is 34.4 Å². The lowest BCUT2D eigenvalue weighted by Gasteiger charge is -2.34. The molecule has 0 aliphatic heterocycles. The summed E-state index contributed by atoms with van der Waals surface area (Å²) in [4.78, 5) is 4.66. The van der Waals surface area contributed by atoms with E-state index < -0.39 is 5.54 Å². The van der Waals surface area contributed by atoms with Crippen molar-refractivity contribution < 1.29 is 4.52 Å². The summed E-state index contributed by atoms with van der Waals surface area (Å²) in [5.74, 6) is 1.75. The van der Waals surface area contributed by atoms with Gasteiger partial charge in [-0.3, -0.25) is 0 Å². The number of rotatable bonds is 3. The average Bonchev–Trinajstić information content (AvgIpc) is 3.04. The topological polar surface area (TPSA) is 64.9 Å².